The lowest BCUT2D eigenvalue weighted by Gasteiger charge is -2.46. The summed E-state index contributed by atoms with van der Waals surface area (Å²) in [6.45, 7) is 6.96. The Balaban J connectivity index is 1.42. The number of rotatable bonds is 5. The number of piperidine rings is 1. The number of hydrogen-bond donors (Lipinski definition) is 1. The van der Waals surface area contributed by atoms with Crippen molar-refractivity contribution >= 4 is 23.3 Å². The Morgan fingerprint density at radius 1 is 1.31 bits per heavy atom. The average Bonchev–Trinajstić information content (AvgIpc) is 3.14. The third kappa shape index (κ3) is 4.01. The number of aliphatic imine (C=N–C) groups is 1. The number of nitrogens with zero attached hydrogens (tertiary/aromatic N) is 6. The SMILES string of the molecule is C=C(Cl)C(=NC1CC23CC2CN(C(=O)c2nc(C)ccc2-n2nccn2)C13)N/C=C(\C)C(F)(F)F. The molecule has 35 heavy (non-hydrogen) atoms. The van der Waals surface area contributed by atoms with E-state index in [1.165, 1.54) is 17.2 Å². The van der Waals surface area contributed by atoms with Gasteiger partial charge in [0, 0.05) is 24.0 Å². The second kappa shape index (κ2) is 8.18. The van der Waals surface area contributed by atoms with Crippen LogP contribution in [-0.4, -0.2) is 61.4 Å². The van der Waals surface area contributed by atoms with Crippen molar-refractivity contribution in [2.45, 2.75) is 44.9 Å². The molecule has 1 amide bonds. The van der Waals surface area contributed by atoms with Crippen molar-refractivity contribution in [1.29, 1.82) is 0 Å². The van der Waals surface area contributed by atoms with Crippen LogP contribution < -0.4 is 5.32 Å². The van der Waals surface area contributed by atoms with Gasteiger partial charge in [-0.25, -0.2) is 4.98 Å². The van der Waals surface area contributed by atoms with E-state index in [0.717, 1.165) is 26.0 Å². The second-order valence-electron chi connectivity index (χ2n) is 9.30. The number of halogens is 4. The molecule has 0 aromatic carbocycles. The minimum Gasteiger partial charge on any atom is -0.345 e. The van der Waals surface area contributed by atoms with Crippen LogP contribution >= 0.6 is 11.6 Å². The quantitative estimate of drug-likeness (QED) is 0.493. The van der Waals surface area contributed by atoms with Crippen LogP contribution in [-0.2, 0) is 0 Å². The number of amidine groups is 1. The molecular formula is C23H23ClF3N7O. The molecule has 3 heterocycles. The number of aryl methyl sites for hydroxylation is 1. The van der Waals surface area contributed by atoms with Crippen molar-refractivity contribution in [3.63, 3.8) is 0 Å². The summed E-state index contributed by atoms with van der Waals surface area (Å²) in [5.41, 5.74) is 0.579. The first-order valence-electron chi connectivity index (χ1n) is 11.1. The minimum absolute atomic E-state index is 0.00571. The van der Waals surface area contributed by atoms with Gasteiger partial charge in [-0.1, -0.05) is 18.2 Å². The summed E-state index contributed by atoms with van der Waals surface area (Å²) in [5.74, 6) is 0.188. The molecule has 2 aromatic heterocycles. The maximum absolute atomic E-state index is 13.7. The van der Waals surface area contributed by atoms with Crippen LogP contribution in [0.4, 0.5) is 13.2 Å². The van der Waals surface area contributed by atoms with E-state index < -0.39 is 11.7 Å². The van der Waals surface area contributed by atoms with E-state index >= 15 is 0 Å². The zero-order chi connectivity index (χ0) is 25.1. The van der Waals surface area contributed by atoms with Crippen molar-refractivity contribution in [3.05, 3.63) is 59.3 Å². The summed E-state index contributed by atoms with van der Waals surface area (Å²) in [6.07, 6.45) is 1.13. The predicted octanol–water partition coefficient (Wildman–Crippen LogP) is 3.78. The molecule has 1 saturated heterocycles. The summed E-state index contributed by atoms with van der Waals surface area (Å²) >= 11 is 6.04. The minimum atomic E-state index is -4.47. The number of alkyl halides is 3. The number of nitrogens with one attached hydrogen (secondary N) is 1. The molecule has 1 spiro atoms. The molecule has 5 rings (SSSR count). The van der Waals surface area contributed by atoms with Crippen molar-refractivity contribution in [2.24, 2.45) is 16.3 Å². The first kappa shape index (κ1) is 23.5. The molecule has 12 heteroatoms. The van der Waals surface area contributed by atoms with Gasteiger partial charge in [0.05, 0.1) is 29.5 Å². The van der Waals surface area contributed by atoms with Crippen LogP contribution in [0.1, 0.15) is 35.9 Å². The highest BCUT2D eigenvalue weighted by atomic mass is 35.5. The van der Waals surface area contributed by atoms with E-state index in [9.17, 15) is 18.0 Å². The molecule has 184 valence electrons. The van der Waals surface area contributed by atoms with E-state index in [2.05, 4.69) is 32.1 Å². The number of likely N-dealkylation sites (tertiary alicyclic amines) is 1. The molecule has 4 unspecified atom stereocenters. The molecule has 8 nitrogen and oxygen atoms in total. The zero-order valence-electron chi connectivity index (χ0n) is 19.1. The van der Waals surface area contributed by atoms with Gasteiger partial charge in [-0.15, -0.1) is 4.80 Å². The maximum Gasteiger partial charge on any atom is 0.413 e. The topological polar surface area (TPSA) is 88.3 Å². The average molecular weight is 506 g/mol. The number of pyridine rings is 1. The van der Waals surface area contributed by atoms with Gasteiger partial charge in [0.1, 0.15) is 11.5 Å². The normalized spacial score (nSPS) is 27.7. The second-order valence-corrected chi connectivity index (χ2v) is 9.76. The Bertz CT molecular complexity index is 1260. The first-order valence-corrected chi connectivity index (χ1v) is 11.5. The van der Waals surface area contributed by atoms with Gasteiger partial charge >= 0.3 is 6.18 Å². The van der Waals surface area contributed by atoms with Crippen molar-refractivity contribution in [3.8, 4) is 5.69 Å². The molecule has 0 radical (unpaired) electrons. The van der Waals surface area contributed by atoms with Crippen molar-refractivity contribution < 1.29 is 18.0 Å². The number of allylic oxidation sites excluding steroid dienone is 1. The number of hydrogen-bond acceptors (Lipinski definition) is 5. The molecule has 0 bridgehead atoms. The van der Waals surface area contributed by atoms with Crippen LogP contribution in [0, 0.1) is 18.3 Å². The van der Waals surface area contributed by atoms with Crippen LogP contribution in [0.3, 0.4) is 0 Å². The van der Waals surface area contributed by atoms with E-state index in [1.807, 2.05) is 0 Å². The van der Waals surface area contributed by atoms with Crippen molar-refractivity contribution in [1.82, 2.24) is 30.2 Å². The Kier molecular flexibility index (Phi) is 5.50. The highest BCUT2D eigenvalue weighted by molar-refractivity contribution is 6.42. The molecule has 2 aromatic rings. The van der Waals surface area contributed by atoms with Gasteiger partial charge in [0.25, 0.3) is 5.91 Å². The number of carbonyl (C=O) groups is 1. The third-order valence-electron chi connectivity index (χ3n) is 7.11. The molecule has 3 aliphatic rings. The van der Waals surface area contributed by atoms with Gasteiger partial charge in [0.2, 0.25) is 0 Å². The largest absolute Gasteiger partial charge is 0.413 e. The van der Waals surface area contributed by atoms with Gasteiger partial charge in [0.15, 0.2) is 5.69 Å². The standard InChI is InChI=1S/C23H23ClF3N7O/c1-12(23(25,26)27)10-28-20(14(3)24)32-16-9-22-8-15(22)11-33(19(16)22)21(35)18-17(5-4-13(2)31-18)34-29-6-7-30-34/h4-7,10,15-16,19H,3,8-9,11H2,1-2H3,(H,28,32)/b12-10+. The van der Waals surface area contributed by atoms with Gasteiger partial charge < -0.3 is 10.2 Å². The smallest absolute Gasteiger partial charge is 0.345 e. The monoisotopic (exact) mass is 505 g/mol. The first-order chi connectivity index (χ1) is 16.5. The van der Waals surface area contributed by atoms with E-state index in [0.29, 0.717) is 23.8 Å². The van der Waals surface area contributed by atoms with Crippen LogP contribution in [0.15, 0.2) is 52.9 Å². The summed E-state index contributed by atoms with van der Waals surface area (Å²) in [7, 11) is 0. The lowest BCUT2D eigenvalue weighted by atomic mass is 9.71. The molecule has 2 saturated carbocycles. The molecule has 3 fully saturated rings. The fourth-order valence-corrected chi connectivity index (χ4v) is 5.35. The Morgan fingerprint density at radius 2 is 2.03 bits per heavy atom. The summed E-state index contributed by atoms with van der Waals surface area (Å²) in [5, 5.41) is 10.8. The molecule has 4 atom stereocenters. The lowest BCUT2D eigenvalue weighted by molar-refractivity contribution is -0.0916. The van der Waals surface area contributed by atoms with E-state index in [4.69, 9.17) is 11.6 Å². The van der Waals surface area contributed by atoms with Crippen molar-refractivity contribution in [2.75, 3.05) is 6.54 Å². The van der Waals surface area contributed by atoms with Gasteiger partial charge in [-0.05, 0) is 50.2 Å². The Labute approximate surface area is 204 Å². The van der Waals surface area contributed by atoms with E-state index in [1.54, 1.807) is 24.0 Å². The van der Waals surface area contributed by atoms with E-state index in [-0.39, 0.29) is 40.0 Å². The maximum atomic E-state index is 13.7. The highest BCUT2D eigenvalue weighted by Crippen LogP contribution is 2.72. The third-order valence-corrected chi connectivity index (χ3v) is 7.29. The summed E-state index contributed by atoms with van der Waals surface area (Å²) < 4.78 is 38.6. The molecule has 1 aliphatic heterocycles. The van der Waals surface area contributed by atoms with Gasteiger partial charge in [-0.2, -0.15) is 23.4 Å². The summed E-state index contributed by atoms with van der Waals surface area (Å²) in [4.78, 5) is 25.9. The fourth-order valence-electron chi connectivity index (χ4n) is 5.25. The predicted molar refractivity (Wildman–Crippen MR) is 123 cm³/mol. The zero-order valence-corrected chi connectivity index (χ0v) is 19.8. The lowest BCUT2D eigenvalue weighted by Crippen LogP contribution is -2.56. The number of carbonyl (C=O) groups excluding carboxylic acids is 1. The Morgan fingerprint density at radius 3 is 2.69 bits per heavy atom. The fraction of sp³-hybridized carbons (Fsp3) is 0.435. The van der Waals surface area contributed by atoms with Gasteiger partial charge in [-0.3, -0.25) is 9.79 Å². The van der Waals surface area contributed by atoms with Crippen LogP contribution in [0.25, 0.3) is 5.69 Å². The Hall–Kier alpha value is -3.21. The van der Waals surface area contributed by atoms with Crippen LogP contribution in [0.5, 0.6) is 0 Å². The number of amides is 1. The summed E-state index contributed by atoms with van der Waals surface area (Å²) in [6, 6.07) is 3.03. The molecule has 1 N–H and O–H groups in total. The number of aromatic nitrogens is 4. The highest BCUT2D eigenvalue weighted by Gasteiger charge is 2.75. The molecular weight excluding hydrogens is 483 g/mol. The van der Waals surface area contributed by atoms with Crippen LogP contribution in [0.2, 0.25) is 0 Å². The molecule has 2 aliphatic carbocycles.